The van der Waals surface area contributed by atoms with Gasteiger partial charge in [0.05, 0.1) is 25.0 Å². The van der Waals surface area contributed by atoms with Crippen molar-refractivity contribution in [3.8, 4) is 0 Å². The van der Waals surface area contributed by atoms with Gasteiger partial charge in [-0.25, -0.2) is 8.78 Å². The number of fused-ring (bicyclic) bond motifs is 1. The van der Waals surface area contributed by atoms with Crippen LogP contribution in [0.3, 0.4) is 0 Å². The zero-order valence-corrected chi connectivity index (χ0v) is 15.4. The highest BCUT2D eigenvalue weighted by atomic mass is 19.1. The third kappa shape index (κ3) is 3.65. The zero-order valence-electron chi connectivity index (χ0n) is 15.4. The van der Waals surface area contributed by atoms with E-state index in [0.717, 1.165) is 29.5 Å². The van der Waals surface area contributed by atoms with Crippen molar-refractivity contribution in [1.29, 1.82) is 0 Å². The van der Waals surface area contributed by atoms with Gasteiger partial charge in [-0.2, -0.15) is 5.10 Å². The largest absolute Gasteiger partial charge is 0.370 e. The molecule has 1 saturated heterocycles. The number of aromatic nitrogens is 2. The minimum absolute atomic E-state index is 0.0693. The van der Waals surface area contributed by atoms with Gasteiger partial charge in [0.2, 0.25) is 5.91 Å². The number of carbonyl (C=O) groups is 1. The molecule has 0 saturated carbocycles. The fourth-order valence-corrected chi connectivity index (χ4v) is 4.05. The van der Waals surface area contributed by atoms with Gasteiger partial charge in [0.1, 0.15) is 17.7 Å². The van der Waals surface area contributed by atoms with E-state index < -0.39 is 23.8 Å². The molecule has 4 N–H and O–H groups in total. The van der Waals surface area contributed by atoms with Crippen LogP contribution in [0.1, 0.15) is 35.8 Å². The van der Waals surface area contributed by atoms with Crippen LogP contribution in [0, 0.1) is 11.6 Å². The number of halogens is 2. The van der Waals surface area contributed by atoms with Crippen LogP contribution in [0.2, 0.25) is 0 Å². The number of hydrogen-bond donors (Lipinski definition) is 2. The summed E-state index contributed by atoms with van der Waals surface area (Å²) in [6.07, 6.45) is 2.00. The van der Waals surface area contributed by atoms with E-state index in [1.165, 1.54) is 0 Å². The summed E-state index contributed by atoms with van der Waals surface area (Å²) >= 11 is 0. The van der Waals surface area contributed by atoms with E-state index in [2.05, 4.69) is 10.00 Å². The van der Waals surface area contributed by atoms with Gasteiger partial charge in [0, 0.05) is 42.7 Å². The normalized spacial score (nSPS) is 25.0. The smallest absolute Gasteiger partial charge is 0.219 e. The van der Waals surface area contributed by atoms with Crippen LogP contribution in [0.25, 0.3) is 0 Å². The standard InChI is InChI=1S/C19H23F2N5O2/c20-12-1-2-15(21)14(5-12)19-16(22)6-13(10-28-19)25-8-11-7-24-26(17(11)9-25)4-3-18(23)27/h1-2,5,7,13,16,19H,3-4,6,8-10,22H2,(H2,23,27)/t13-,16+,19-/m1/s1. The maximum absolute atomic E-state index is 14.1. The number of aryl methyl sites for hydroxylation is 1. The van der Waals surface area contributed by atoms with E-state index in [1.807, 2.05) is 10.9 Å². The molecule has 0 radical (unpaired) electrons. The summed E-state index contributed by atoms with van der Waals surface area (Å²) in [6, 6.07) is 2.96. The monoisotopic (exact) mass is 391 g/mol. The predicted octanol–water partition coefficient (Wildman–Crippen LogP) is 1.21. The number of hydrogen-bond acceptors (Lipinski definition) is 5. The summed E-state index contributed by atoms with van der Waals surface area (Å²) in [6.45, 7) is 2.23. The Morgan fingerprint density at radius 1 is 1.32 bits per heavy atom. The van der Waals surface area contributed by atoms with Gasteiger partial charge in [0.25, 0.3) is 0 Å². The van der Waals surface area contributed by atoms with Gasteiger partial charge in [-0.3, -0.25) is 14.4 Å². The maximum atomic E-state index is 14.1. The summed E-state index contributed by atoms with van der Waals surface area (Å²) in [5.74, 6) is -1.38. The lowest BCUT2D eigenvalue weighted by Crippen LogP contribution is -2.47. The van der Waals surface area contributed by atoms with Gasteiger partial charge in [0.15, 0.2) is 0 Å². The summed E-state index contributed by atoms with van der Waals surface area (Å²) in [5.41, 5.74) is 13.8. The molecule has 3 atom stereocenters. The molecule has 0 unspecified atom stereocenters. The molecule has 2 aliphatic rings. The maximum Gasteiger partial charge on any atom is 0.219 e. The number of amides is 1. The lowest BCUT2D eigenvalue weighted by molar-refractivity contribution is -0.118. The van der Waals surface area contributed by atoms with Crippen molar-refractivity contribution < 1.29 is 18.3 Å². The molecule has 1 amide bonds. The van der Waals surface area contributed by atoms with Crippen LogP contribution in [0.5, 0.6) is 0 Å². The van der Waals surface area contributed by atoms with Crippen LogP contribution in [-0.4, -0.2) is 39.3 Å². The molecule has 150 valence electrons. The van der Waals surface area contributed by atoms with Crippen LogP contribution < -0.4 is 11.5 Å². The molecule has 2 aliphatic heterocycles. The van der Waals surface area contributed by atoms with Crippen molar-refractivity contribution in [1.82, 2.24) is 14.7 Å². The van der Waals surface area contributed by atoms with E-state index in [0.29, 0.717) is 32.7 Å². The average Bonchev–Trinajstić information content (AvgIpc) is 3.23. The van der Waals surface area contributed by atoms with Gasteiger partial charge in [-0.15, -0.1) is 0 Å². The second-order valence-corrected chi connectivity index (χ2v) is 7.43. The van der Waals surface area contributed by atoms with Gasteiger partial charge >= 0.3 is 0 Å². The quantitative estimate of drug-likeness (QED) is 0.798. The Kier molecular flexibility index (Phi) is 5.13. The van der Waals surface area contributed by atoms with Gasteiger partial charge < -0.3 is 16.2 Å². The van der Waals surface area contributed by atoms with Crippen molar-refractivity contribution in [3.05, 3.63) is 52.9 Å². The first-order valence-corrected chi connectivity index (χ1v) is 9.30. The number of nitrogens with zero attached hydrogens (tertiary/aromatic N) is 3. The molecule has 28 heavy (non-hydrogen) atoms. The molecule has 0 spiro atoms. The van der Waals surface area contributed by atoms with Crippen LogP contribution in [-0.2, 0) is 29.2 Å². The van der Waals surface area contributed by atoms with E-state index in [1.54, 1.807) is 0 Å². The Bertz CT molecular complexity index is 887. The Hall–Kier alpha value is -2.36. The van der Waals surface area contributed by atoms with Crippen molar-refractivity contribution in [2.75, 3.05) is 6.61 Å². The molecule has 1 fully saturated rings. The zero-order chi connectivity index (χ0) is 19.8. The van der Waals surface area contributed by atoms with E-state index in [4.69, 9.17) is 16.2 Å². The van der Waals surface area contributed by atoms with E-state index in [9.17, 15) is 13.6 Å². The molecule has 2 aromatic rings. The predicted molar refractivity (Wildman–Crippen MR) is 96.7 cm³/mol. The first-order chi connectivity index (χ1) is 13.4. The third-order valence-electron chi connectivity index (χ3n) is 5.51. The second-order valence-electron chi connectivity index (χ2n) is 7.43. The second kappa shape index (κ2) is 7.57. The van der Waals surface area contributed by atoms with Crippen LogP contribution >= 0.6 is 0 Å². The molecule has 3 heterocycles. The fraction of sp³-hybridized carbons (Fsp3) is 0.474. The lowest BCUT2D eigenvalue weighted by atomic mass is 9.93. The highest BCUT2D eigenvalue weighted by Crippen LogP contribution is 2.34. The number of primary amides is 1. The average molecular weight is 391 g/mol. The first kappa shape index (κ1) is 19.0. The highest BCUT2D eigenvalue weighted by Gasteiger charge is 2.37. The van der Waals surface area contributed by atoms with Gasteiger partial charge in [-0.05, 0) is 24.6 Å². The minimum Gasteiger partial charge on any atom is -0.370 e. The minimum atomic E-state index is -0.664. The molecule has 0 bridgehead atoms. The van der Waals surface area contributed by atoms with Crippen molar-refractivity contribution in [2.24, 2.45) is 11.5 Å². The topological polar surface area (TPSA) is 99.4 Å². The number of ether oxygens (including phenoxy) is 1. The summed E-state index contributed by atoms with van der Waals surface area (Å²) in [7, 11) is 0. The molecule has 1 aromatic carbocycles. The number of carbonyl (C=O) groups excluding carboxylic acids is 1. The molecular formula is C19H23F2N5O2. The highest BCUT2D eigenvalue weighted by molar-refractivity contribution is 5.73. The van der Waals surface area contributed by atoms with Crippen LogP contribution in [0.4, 0.5) is 8.78 Å². The lowest BCUT2D eigenvalue weighted by Gasteiger charge is -2.38. The summed E-state index contributed by atoms with van der Waals surface area (Å²) < 4.78 is 35.3. The van der Waals surface area contributed by atoms with Crippen molar-refractivity contribution >= 4 is 5.91 Å². The van der Waals surface area contributed by atoms with E-state index >= 15 is 0 Å². The molecule has 7 nitrogen and oxygen atoms in total. The Labute approximate surface area is 161 Å². The molecule has 0 aliphatic carbocycles. The summed E-state index contributed by atoms with van der Waals surface area (Å²) in [5, 5.41) is 4.32. The third-order valence-corrected chi connectivity index (χ3v) is 5.51. The number of nitrogens with two attached hydrogens (primary N) is 2. The molecule has 4 rings (SSSR count). The molecular weight excluding hydrogens is 368 g/mol. The van der Waals surface area contributed by atoms with E-state index in [-0.39, 0.29) is 23.9 Å². The Morgan fingerprint density at radius 3 is 2.89 bits per heavy atom. The fourth-order valence-electron chi connectivity index (χ4n) is 4.05. The number of benzene rings is 1. The first-order valence-electron chi connectivity index (χ1n) is 9.30. The molecule has 1 aromatic heterocycles. The van der Waals surface area contributed by atoms with Crippen molar-refractivity contribution in [2.45, 2.75) is 50.7 Å². The van der Waals surface area contributed by atoms with Crippen molar-refractivity contribution in [3.63, 3.8) is 0 Å². The van der Waals surface area contributed by atoms with Crippen LogP contribution in [0.15, 0.2) is 24.4 Å². The summed E-state index contributed by atoms with van der Waals surface area (Å²) in [4.78, 5) is 13.3. The molecule has 9 heteroatoms. The number of rotatable bonds is 5. The Balaban J connectivity index is 1.41. The van der Waals surface area contributed by atoms with Gasteiger partial charge in [-0.1, -0.05) is 0 Å². The Morgan fingerprint density at radius 2 is 2.14 bits per heavy atom. The SMILES string of the molecule is NC(=O)CCn1ncc2c1CN([C@H]1CO[C@H](c3cc(F)ccc3F)[C@@H](N)C1)C2.